The molecule has 0 radical (unpaired) electrons. The molecular formula is C17H21Cl2N5. The van der Waals surface area contributed by atoms with Gasteiger partial charge in [-0.1, -0.05) is 48.9 Å². The van der Waals surface area contributed by atoms with E-state index in [2.05, 4.69) is 20.6 Å². The van der Waals surface area contributed by atoms with E-state index in [-0.39, 0.29) is 0 Å². The van der Waals surface area contributed by atoms with Crippen LogP contribution in [-0.4, -0.2) is 16.0 Å². The van der Waals surface area contributed by atoms with E-state index in [0.29, 0.717) is 39.1 Å². The highest BCUT2D eigenvalue weighted by atomic mass is 35.5. The summed E-state index contributed by atoms with van der Waals surface area (Å²) < 4.78 is 0. The Hall–Kier alpha value is -1.72. The molecule has 0 amide bonds. The van der Waals surface area contributed by atoms with Crippen LogP contribution in [0.1, 0.15) is 38.5 Å². The number of aromatic nitrogens is 2. The van der Waals surface area contributed by atoms with Gasteiger partial charge in [-0.3, -0.25) is 0 Å². The Balaban J connectivity index is 1.77. The lowest BCUT2D eigenvalue weighted by molar-refractivity contribution is 0.618. The molecule has 1 saturated carbocycles. The number of nitrogen functional groups attached to an aromatic ring is 1. The standard InChI is InChI=1S/C17H21Cl2N5/c18-11-7-8-14(13(19)9-11)24-17-15(20)16(21-10-22-17)23-12-5-3-1-2-4-6-12/h7-10,12H,1-6,20H2,(H2,21,22,23,24). The highest BCUT2D eigenvalue weighted by molar-refractivity contribution is 6.36. The van der Waals surface area contributed by atoms with Gasteiger partial charge in [-0.15, -0.1) is 0 Å². The van der Waals surface area contributed by atoms with Crippen molar-refractivity contribution in [3.05, 3.63) is 34.6 Å². The largest absolute Gasteiger partial charge is 0.393 e. The second-order valence-corrected chi connectivity index (χ2v) is 6.91. The molecule has 1 aliphatic carbocycles. The maximum absolute atomic E-state index is 6.25. The van der Waals surface area contributed by atoms with Gasteiger partial charge in [0, 0.05) is 11.1 Å². The van der Waals surface area contributed by atoms with Crippen LogP contribution in [0, 0.1) is 0 Å². The molecule has 1 aliphatic rings. The predicted molar refractivity (Wildman–Crippen MR) is 101 cm³/mol. The molecule has 5 nitrogen and oxygen atoms in total. The van der Waals surface area contributed by atoms with Crippen LogP contribution in [0.25, 0.3) is 0 Å². The third-order valence-corrected chi connectivity index (χ3v) is 4.81. The molecule has 1 aromatic carbocycles. The highest BCUT2D eigenvalue weighted by Gasteiger charge is 2.16. The molecule has 1 aromatic heterocycles. The number of nitrogens with two attached hydrogens (primary N) is 1. The maximum atomic E-state index is 6.25. The maximum Gasteiger partial charge on any atom is 0.159 e. The van der Waals surface area contributed by atoms with Gasteiger partial charge in [0.15, 0.2) is 11.6 Å². The van der Waals surface area contributed by atoms with Gasteiger partial charge in [0.05, 0.1) is 10.7 Å². The second-order valence-electron chi connectivity index (χ2n) is 6.07. The first-order valence-electron chi connectivity index (χ1n) is 8.22. The molecule has 1 heterocycles. The van der Waals surface area contributed by atoms with Gasteiger partial charge in [-0.05, 0) is 31.0 Å². The first-order chi connectivity index (χ1) is 11.6. The van der Waals surface area contributed by atoms with E-state index in [1.54, 1.807) is 18.2 Å². The SMILES string of the molecule is Nc1c(Nc2ccc(Cl)cc2Cl)ncnc1NC1CCCCCC1. The number of halogens is 2. The third-order valence-electron chi connectivity index (χ3n) is 4.26. The Bertz CT molecular complexity index is 699. The second kappa shape index (κ2) is 7.90. The van der Waals surface area contributed by atoms with E-state index in [4.69, 9.17) is 28.9 Å². The average molecular weight is 366 g/mol. The van der Waals surface area contributed by atoms with Crippen molar-refractivity contribution in [2.75, 3.05) is 16.4 Å². The Kier molecular flexibility index (Phi) is 5.63. The lowest BCUT2D eigenvalue weighted by Crippen LogP contribution is -2.20. The Morgan fingerprint density at radius 1 is 1.00 bits per heavy atom. The summed E-state index contributed by atoms with van der Waals surface area (Å²) in [5.74, 6) is 1.20. The number of nitrogens with zero attached hydrogens (tertiary/aromatic N) is 2. The molecule has 128 valence electrons. The third kappa shape index (κ3) is 4.22. The van der Waals surface area contributed by atoms with Crippen LogP contribution in [0.4, 0.5) is 23.0 Å². The summed E-state index contributed by atoms with van der Waals surface area (Å²) in [6, 6.07) is 5.65. The van der Waals surface area contributed by atoms with E-state index in [9.17, 15) is 0 Å². The monoisotopic (exact) mass is 365 g/mol. The van der Waals surface area contributed by atoms with Crippen LogP contribution in [0.2, 0.25) is 10.0 Å². The zero-order valence-electron chi connectivity index (χ0n) is 13.4. The van der Waals surface area contributed by atoms with E-state index in [1.165, 1.54) is 32.0 Å². The van der Waals surface area contributed by atoms with Crippen molar-refractivity contribution in [1.82, 2.24) is 9.97 Å². The average Bonchev–Trinajstić information content (AvgIpc) is 2.82. The van der Waals surface area contributed by atoms with Crippen molar-refractivity contribution < 1.29 is 0 Å². The number of nitrogens with one attached hydrogen (secondary N) is 2. The Morgan fingerprint density at radius 3 is 2.42 bits per heavy atom. The van der Waals surface area contributed by atoms with E-state index in [1.807, 2.05) is 0 Å². The summed E-state index contributed by atoms with van der Waals surface area (Å²) in [6.45, 7) is 0. The molecule has 0 bridgehead atoms. The summed E-state index contributed by atoms with van der Waals surface area (Å²) >= 11 is 12.1. The molecule has 4 N–H and O–H groups in total. The molecule has 0 atom stereocenters. The fourth-order valence-corrected chi connectivity index (χ4v) is 3.40. The van der Waals surface area contributed by atoms with Gasteiger partial charge >= 0.3 is 0 Å². The Morgan fingerprint density at radius 2 is 1.71 bits per heavy atom. The predicted octanol–water partition coefficient (Wildman–Crippen LogP) is 5.24. The fraction of sp³-hybridized carbons (Fsp3) is 0.412. The number of anilines is 4. The van der Waals surface area contributed by atoms with Crippen molar-refractivity contribution in [2.24, 2.45) is 0 Å². The molecule has 7 heteroatoms. The van der Waals surface area contributed by atoms with Crippen LogP contribution in [0.3, 0.4) is 0 Å². The summed E-state index contributed by atoms with van der Waals surface area (Å²) in [6.07, 6.45) is 8.90. The molecule has 3 rings (SSSR count). The van der Waals surface area contributed by atoms with Crippen molar-refractivity contribution in [2.45, 2.75) is 44.6 Å². The summed E-state index contributed by atoms with van der Waals surface area (Å²) in [7, 11) is 0. The van der Waals surface area contributed by atoms with Crippen LogP contribution < -0.4 is 16.4 Å². The molecule has 24 heavy (non-hydrogen) atoms. The fourth-order valence-electron chi connectivity index (χ4n) is 2.95. The van der Waals surface area contributed by atoms with Crippen molar-refractivity contribution in [1.29, 1.82) is 0 Å². The van der Waals surface area contributed by atoms with Crippen LogP contribution in [-0.2, 0) is 0 Å². The first-order valence-corrected chi connectivity index (χ1v) is 8.98. The van der Waals surface area contributed by atoms with Gasteiger partial charge in [0.2, 0.25) is 0 Å². The Labute approximate surface area is 152 Å². The quantitative estimate of drug-likeness (QED) is 0.645. The van der Waals surface area contributed by atoms with Crippen molar-refractivity contribution >= 4 is 46.2 Å². The zero-order valence-corrected chi connectivity index (χ0v) is 14.9. The van der Waals surface area contributed by atoms with E-state index < -0.39 is 0 Å². The summed E-state index contributed by atoms with van der Waals surface area (Å²) in [5.41, 5.74) is 7.44. The van der Waals surface area contributed by atoms with Gasteiger partial charge < -0.3 is 16.4 Å². The molecular weight excluding hydrogens is 345 g/mol. The van der Waals surface area contributed by atoms with Crippen molar-refractivity contribution in [3.8, 4) is 0 Å². The molecule has 0 spiro atoms. The molecule has 2 aromatic rings. The number of rotatable bonds is 4. The summed E-state index contributed by atoms with van der Waals surface area (Å²) in [5, 5.41) is 7.71. The minimum atomic E-state index is 0.414. The summed E-state index contributed by atoms with van der Waals surface area (Å²) in [4.78, 5) is 8.53. The van der Waals surface area contributed by atoms with E-state index >= 15 is 0 Å². The number of hydrogen-bond donors (Lipinski definition) is 3. The van der Waals surface area contributed by atoms with Crippen molar-refractivity contribution in [3.63, 3.8) is 0 Å². The lowest BCUT2D eigenvalue weighted by atomic mass is 10.1. The minimum Gasteiger partial charge on any atom is -0.393 e. The minimum absolute atomic E-state index is 0.414. The zero-order chi connectivity index (χ0) is 16.9. The first kappa shape index (κ1) is 17.1. The van der Waals surface area contributed by atoms with Gasteiger partial charge in [-0.2, -0.15) is 0 Å². The molecule has 0 saturated heterocycles. The molecule has 0 aliphatic heterocycles. The highest BCUT2D eigenvalue weighted by Crippen LogP contribution is 2.32. The molecule has 0 unspecified atom stereocenters. The van der Waals surface area contributed by atoms with Gasteiger partial charge in [0.1, 0.15) is 12.0 Å². The lowest BCUT2D eigenvalue weighted by Gasteiger charge is -2.19. The van der Waals surface area contributed by atoms with Crippen LogP contribution in [0.5, 0.6) is 0 Å². The molecule has 1 fully saturated rings. The van der Waals surface area contributed by atoms with Crippen LogP contribution >= 0.6 is 23.2 Å². The smallest absolute Gasteiger partial charge is 0.159 e. The number of hydrogen-bond acceptors (Lipinski definition) is 5. The normalized spacial score (nSPS) is 15.8. The van der Waals surface area contributed by atoms with Gasteiger partial charge in [0.25, 0.3) is 0 Å². The van der Waals surface area contributed by atoms with Crippen LogP contribution in [0.15, 0.2) is 24.5 Å². The number of benzene rings is 1. The van der Waals surface area contributed by atoms with E-state index in [0.717, 1.165) is 12.8 Å². The topological polar surface area (TPSA) is 75.9 Å². The van der Waals surface area contributed by atoms with Gasteiger partial charge in [-0.25, -0.2) is 9.97 Å².